The van der Waals surface area contributed by atoms with Crippen LogP contribution in [0.25, 0.3) is 11.1 Å². The average Bonchev–Trinajstić information content (AvgIpc) is 3.17. The number of rotatable bonds is 3. The van der Waals surface area contributed by atoms with Crippen LogP contribution in [0.4, 0.5) is 0 Å². The summed E-state index contributed by atoms with van der Waals surface area (Å²) < 4.78 is 10.8. The number of carbonyl (C=O) groups excluding carboxylic acids is 1. The lowest BCUT2D eigenvalue weighted by Gasteiger charge is -2.05. The van der Waals surface area contributed by atoms with Gasteiger partial charge < -0.3 is 9.47 Å². The van der Waals surface area contributed by atoms with E-state index in [2.05, 4.69) is 0 Å². The van der Waals surface area contributed by atoms with Gasteiger partial charge in [-0.25, -0.2) is 4.79 Å². The Balaban J connectivity index is 1.49. The van der Waals surface area contributed by atoms with E-state index >= 15 is 0 Å². The fourth-order valence-electron chi connectivity index (χ4n) is 2.64. The summed E-state index contributed by atoms with van der Waals surface area (Å²) in [5, 5.41) is 0. The minimum absolute atomic E-state index is 0.367. The van der Waals surface area contributed by atoms with E-state index < -0.39 is 0 Å². The van der Waals surface area contributed by atoms with E-state index in [1.165, 1.54) is 0 Å². The molecule has 0 N–H and O–H groups in total. The van der Waals surface area contributed by atoms with Gasteiger partial charge in [0.15, 0.2) is 0 Å². The van der Waals surface area contributed by atoms with Crippen LogP contribution in [0, 0.1) is 0 Å². The highest BCUT2D eigenvalue weighted by Crippen LogP contribution is 2.29. The van der Waals surface area contributed by atoms with Crippen LogP contribution >= 0.6 is 0 Å². The summed E-state index contributed by atoms with van der Waals surface area (Å²) in [6.07, 6.45) is 5.52. The third-order valence-electron chi connectivity index (χ3n) is 3.84. The van der Waals surface area contributed by atoms with Crippen molar-refractivity contribution >= 4 is 5.97 Å². The van der Waals surface area contributed by atoms with Gasteiger partial charge in [-0.3, -0.25) is 0 Å². The van der Waals surface area contributed by atoms with Crippen molar-refractivity contribution in [2.24, 2.45) is 0 Å². The Morgan fingerprint density at radius 2 is 1.65 bits per heavy atom. The van der Waals surface area contributed by atoms with Crippen molar-refractivity contribution < 1.29 is 14.3 Å². The maximum absolute atomic E-state index is 12.2. The lowest BCUT2D eigenvalue weighted by atomic mass is 10.0. The molecule has 0 fully saturated rings. The van der Waals surface area contributed by atoms with Crippen molar-refractivity contribution in [3.63, 3.8) is 0 Å². The van der Waals surface area contributed by atoms with Crippen LogP contribution in [-0.2, 0) is 9.47 Å². The minimum atomic E-state index is -0.367. The maximum Gasteiger partial charge on any atom is 0.343 e. The first kappa shape index (κ1) is 13.6. The number of benzene rings is 2. The molecule has 112 valence electrons. The standard InChI is InChI=1S/C20H14O3/c21-20(23-18-12-17-10-11-22-19(17)13-18)16-8-6-15(7-9-16)14-4-2-1-3-5-14/h1-10,12-13H,11H2. The second-order valence-corrected chi connectivity index (χ2v) is 5.36. The topological polar surface area (TPSA) is 35.5 Å². The SMILES string of the molecule is O=C(OC1=CC2=CCOC2=C1)c1ccc(-c2ccccc2)cc1. The highest BCUT2D eigenvalue weighted by Gasteiger charge is 2.21. The van der Waals surface area contributed by atoms with Crippen molar-refractivity contribution in [2.45, 2.75) is 0 Å². The van der Waals surface area contributed by atoms with E-state index in [1.54, 1.807) is 18.2 Å². The Morgan fingerprint density at radius 1 is 0.913 bits per heavy atom. The van der Waals surface area contributed by atoms with Gasteiger partial charge in [-0.1, -0.05) is 42.5 Å². The first-order valence-electron chi connectivity index (χ1n) is 7.44. The van der Waals surface area contributed by atoms with Crippen molar-refractivity contribution in [1.82, 2.24) is 0 Å². The number of ether oxygens (including phenoxy) is 2. The van der Waals surface area contributed by atoms with Crippen LogP contribution in [0.15, 0.2) is 89.9 Å². The zero-order valence-electron chi connectivity index (χ0n) is 12.4. The van der Waals surface area contributed by atoms with Crippen LogP contribution in [0.3, 0.4) is 0 Å². The molecule has 4 rings (SSSR count). The van der Waals surface area contributed by atoms with E-state index in [0.29, 0.717) is 17.9 Å². The van der Waals surface area contributed by atoms with Crippen LogP contribution in [0.5, 0.6) is 0 Å². The van der Waals surface area contributed by atoms with E-state index in [0.717, 1.165) is 22.5 Å². The molecule has 0 aromatic heterocycles. The van der Waals surface area contributed by atoms with Gasteiger partial charge in [-0.2, -0.15) is 0 Å². The van der Waals surface area contributed by atoms with Gasteiger partial charge in [0.1, 0.15) is 18.1 Å². The molecule has 0 unspecified atom stereocenters. The molecule has 1 aliphatic carbocycles. The molecule has 0 bridgehead atoms. The molecule has 0 atom stereocenters. The highest BCUT2D eigenvalue weighted by molar-refractivity contribution is 5.91. The molecule has 3 heteroatoms. The lowest BCUT2D eigenvalue weighted by Crippen LogP contribution is -2.03. The van der Waals surface area contributed by atoms with Gasteiger partial charge in [0.2, 0.25) is 0 Å². The predicted molar refractivity (Wildman–Crippen MR) is 87.5 cm³/mol. The van der Waals surface area contributed by atoms with Gasteiger partial charge in [-0.15, -0.1) is 0 Å². The summed E-state index contributed by atoms with van der Waals surface area (Å²) in [5.74, 6) is 0.920. The number of esters is 1. The summed E-state index contributed by atoms with van der Waals surface area (Å²) in [4.78, 5) is 12.2. The molecule has 1 heterocycles. The predicted octanol–water partition coefficient (Wildman–Crippen LogP) is 4.25. The molecule has 2 aromatic rings. The number of hydrogen-bond acceptors (Lipinski definition) is 3. The lowest BCUT2D eigenvalue weighted by molar-refractivity contribution is 0.0637. The summed E-state index contributed by atoms with van der Waals surface area (Å²) in [7, 11) is 0. The van der Waals surface area contributed by atoms with Crippen molar-refractivity contribution in [2.75, 3.05) is 6.61 Å². The largest absolute Gasteiger partial charge is 0.489 e. The number of carbonyl (C=O) groups is 1. The van der Waals surface area contributed by atoms with Crippen molar-refractivity contribution in [1.29, 1.82) is 0 Å². The molecule has 2 aromatic carbocycles. The maximum atomic E-state index is 12.2. The molecule has 0 spiro atoms. The molecular formula is C20H14O3. The summed E-state index contributed by atoms with van der Waals surface area (Å²) in [5.41, 5.74) is 3.69. The van der Waals surface area contributed by atoms with E-state index in [9.17, 15) is 4.79 Å². The number of allylic oxidation sites excluding steroid dienone is 2. The second kappa shape index (κ2) is 5.61. The fourth-order valence-corrected chi connectivity index (χ4v) is 2.64. The fraction of sp³-hybridized carbons (Fsp3) is 0.0500. The summed E-state index contributed by atoms with van der Waals surface area (Å²) >= 11 is 0. The molecule has 3 nitrogen and oxygen atoms in total. The molecule has 2 aliphatic rings. The highest BCUT2D eigenvalue weighted by atomic mass is 16.5. The molecule has 1 aliphatic heterocycles. The number of hydrogen-bond donors (Lipinski definition) is 0. The third-order valence-corrected chi connectivity index (χ3v) is 3.84. The molecule has 23 heavy (non-hydrogen) atoms. The van der Waals surface area contributed by atoms with E-state index in [-0.39, 0.29) is 5.97 Å². The molecule has 0 saturated carbocycles. The first-order valence-corrected chi connectivity index (χ1v) is 7.44. The Labute approximate surface area is 134 Å². The Bertz CT molecular complexity index is 840. The van der Waals surface area contributed by atoms with Crippen LogP contribution < -0.4 is 0 Å². The molecule has 0 radical (unpaired) electrons. The normalized spacial score (nSPS) is 15.2. The zero-order valence-corrected chi connectivity index (χ0v) is 12.4. The van der Waals surface area contributed by atoms with Crippen LogP contribution in [-0.4, -0.2) is 12.6 Å². The minimum Gasteiger partial charge on any atom is -0.489 e. The summed E-state index contributed by atoms with van der Waals surface area (Å²) in [6.45, 7) is 0.583. The van der Waals surface area contributed by atoms with Gasteiger partial charge in [0.05, 0.1) is 5.56 Å². The second-order valence-electron chi connectivity index (χ2n) is 5.36. The average molecular weight is 302 g/mol. The van der Waals surface area contributed by atoms with Gasteiger partial charge in [0, 0.05) is 11.6 Å². The van der Waals surface area contributed by atoms with Crippen LogP contribution in [0.2, 0.25) is 0 Å². The van der Waals surface area contributed by atoms with Crippen LogP contribution in [0.1, 0.15) is 10.4 Å². The first-order chi connectivity index (χ1) is 11.3. The smallest absolute Gasteiger partial charge is 0.343 e. The Hall–Kier alpha value is -3.07. The third kappa shape index (κ3) is 2.69. The molecular weight excluding hydrogens is 288 g/mol. The van der Waals surface area contributed by atoms with Gasteiger partial charge in [-0.05, 0) is 35.4 Å². The van der Waals surface area contributed by atoms with Gasteiger partial charge in [0.25, 0.3) is 0 Å². The van der Waals surface area contributed by atoms with Gasteiger partial charge >= 0.3 is 5.97 Å². The molecule has 0 amide bonds. The monoisotopic (exact) mass is 302 g/mol. The summed E-state index contributed by atoms with van der Waals surface area (Å²) in [6, 6.07) is 17.4. The molecule has 0 saturated heterocycles. The van der Waals surface area contributed by atoms with E-state index in [1.807, 2.05) is 54.6 Å². The Kier molecular flexibility index (Phi) is 3.31. The Morgan fingerprint density at radius 3 is 2.39 bits per heavy atom. The quantitative estimate of drug-likeness (QED) is 0.795. The zero-order chi connectivity index (χ0) is 15.6. The van der Waals surface area contributed by atoms with E-state index in [4.69, 9.17) is 9.47 Å². The van der Waals surface area contributed by atoms with Crippen molar-refractivity contribution in [3.05, 3.63) is 95.5 Å². The van der Waals surface area contributed by atoms with Crippen molar-refractivity contribution in [3.8, 4) is 11.1 Å². The number of fused-ring (bicyclic) bond motifs is 1.